The number of carbonyl (C=O) groups is 4. The summed E-state index contributed by atoms with van der Waals surface area (Å²) in [5.41, 5.74) is 1.21. The number of nitrogens with zero attached hydrogens (tertiary/aromatic N) is 3. The van der Waals surface area contributed by atoms with Gasteiger partial charge in [0.1, 0.15) is 17.9 Å². The predicted octanol–water partition coefficient (Wildman–Crippen LogP) is 1.93. The fraction of sp³-hybridized carbons (Fsp3) is 0.571. The standard InChI is InChI=1S/C28H38N4O6/c1-17(2)25-19(4)9-10-24(35)29-11-5-7-18(3)13-21(33)15-22(34)14-20-16-30-26(31-20)27(36)32-12-6-8-23(32)28(37)38-25/h5,7,9-10,13,17,19,21,23,25,33H,6,8,11-12,14-16H2,1-4H3,(H,29,35)/b7-5?,10-9+,18-13?/t19-,21-,23-,25-/m1/s1. The van der Waals surface area contributed by atoms with Crippen molar-refractivity contribution in [2.45, 2.75) is 71.6 Å². The molecule has 0 saturated carbocycles. The van der Waals surface area contributed by atoms with Crippen molar-refractivity contribution in [3.63, 3.8) is 0 Å². The Bertz CT molecular complexity index is 1090. The second-order valence-corrected chi connectivity index (χ2v) is 10.4. The van der Waals surface area contributed by atoms with E-state index in [1.807, 2.05) is 20.8 Å². The fourth-order valence-corrected chi connectivity index (χ4v) is 4.81. The van der Waals surface area contributed by atoms with Gasteiger partial charge in [-0.05, 0) is 31.8 Å². The van der Waals surface area contributed by atoms with Crippen molar-refractivity contribution in [1.82, 2.24) is 10.2 Å². The minimum absolute atomic E-state index is 0.0151. The summed E-state index contributed by atoms with van der Waals surface area (Å²) in [7, 11) is 0. The molecule has 2 N–H and O–H groups in total. The van der Waals surface area contributed by atoms with Crippen molar-refractivity contribution in [2.24, 2.45) is 21.8 Å². The Kier molecular flexibility index (Phi) is 10.3. The number of hydrogen-bond acceptors (Lipinski definition) is 8. The molecular formula is C28H38N4O6. The monoisotopic (exact) mass is 526 g/mol. The van der Waals surface area contributed by atoms with Crippen molar-refractivity contribution >= 4 is 35.1 Å². The molecule has 2 bridgehead atoms. The predicted molar refractivity (Wildman–Crippen MR) is 144 cm³/mol. The van der Waals surface area contributed by atoms with Gasteiger partial charge in [-0.15, -0.1) is 0 Å². The number of Topliss-reactive ketones (excluding diaryl/α,β-unsaturated/α-hetero) is 1. The molecule has 38 heavy (non-hydrogen) atoms. The second kappa shape index (κ2) is 13.4. The molecule has 0 unspecified atom stereocenters. The van der Waals surface area contributed by atoms with Gasteiger partial charge in [0.2, 0.25) is 11.7 Å². The average Bonchev–Trinajstić information content (AvgIpc) is 3.52. The van der Waals surface area contributed by atoms with Crippen molar-refractivity contribution in [1.29, 1.82) is 0 Å². The highest BCUT2D eigenvalue weighted by Crippen LogP contribution is 2.24. The van der Waals surface area contributed by atoms with Crippen LogP contribution in [0.2, 0.25) is 0 Å². The molecule has 0 aromatic carbocycles. The summed E-state index contributed by atoms with van der Waals surface area (Å²) in [6.07, 6.45) is 7.78. The fourth-order valence-electron chi connectivity index (χ4n) is 4.81. The van der Waals surface area contributed by atoms with E-state index >= 15 is 0 Å². The third-order valence-corrected chi connectivity index (χ3v) is 6.70. The Labute approximate surface area is 223 Å². The number of ketones is 1. The summed E-state index contributed by atoms with van der Waals surface area (Å²) in [4.78, 5) is 61.0. The third-order valence-electron chi connectivity index (χ3n) is 6.70. The van der Waals surface area contributed by atoms with Gasteiger partial charge in [0.15, 0.2) is 0 Å². The number of nitrogens with one attached hydrogen (secondary N) is 1. The minimum Gasteiger partial charge on any atom is -0.460 e. The van der Waals surface area contributed by atoms with Crippen LogP contribution >= 0.6 is 0 Å². The molecule has 0 spiro atoms. The number of esters is 1. The van der Waals surface area contributed by atoms with Crippen LogP contribution in [0, 0.1) is 11.8 Å². The summed E-state index contributed by atoms with van der Waals surface area (Å²) in [6.45, 7) is 8.35. The Hall–Kier alpha value is -3.40. The van der Waals surface area contributed by atoms with E-state index in [9.17, 15) is 24.3 Å². The van der Waals surface area contributed by atoms with Crippen molar-refractivity contribution < 1.29 is 29.0 Å². The average molecular weight is 527 g/mol. The molecule has 10 heteroatoms. The Balaban J connectivity index is 1.83. The van der Waals surface area contributed by atoms with Crippen molar-refractivity contribution in [3.05, 3.63) is 36.0 Å². The number of fused-ring (bicyclic) bond motifs is 2. The molecule has 0 aliphatic carbocycles. The number of allylic oxidation sites excluding steroid dienone is 2. The molecular weight excluding hydrogens is 488 g/mol. The van der Waals surface area contributed by atoms with Crippen LogP contribution in [0.3, 0.4) is 0 Å². The van der Waals surface area contributed by atoms with E-state index < -0.39 is 30.1 Å². The lowest BCUT2D eigenvalue weighted by Gasteiger charge is -2.29. The van der Waals surface area contributed by atoms with E-state index in [1.54, 1.807) is 31.2 Å². The summed E-state index contributed by atoms with van der Waals surface area (Å²) in [5.74, 6) is -1.72. The first-order valence-electron chi connectivity index (χ1n) is 13.2. The Morgan fingerprint density at radius 1 is 1.18 bits per heavy atom. The summed E-state index contributed by atoms with van der Waals surface area (Å²) in [6, 6.07) is -0.745. The van der Waals surface area contributed by atoms with Crippen LogP contribution in [0.15, 0.2) is 45.9 Å². The number of rotatable bonds is 1. The summed E-state index contributed by atoms with van der Waals surface area (Å²) < 4.78 is 5.89. The highest BCUT2D eigenvalue weighted by molar-refractivity contribution is 6.42. The molecule has 4 atom stereocenters. The number of aliphatic imine (C=N–C) groups is 2. The van der Waals surface area contributed by atoms with Gasteiger partial charge >= 0.3 is 5.97 Å². The number of ether oxygens (including phenoxy) is 1. The van der Waals surface area contributed by atoms with E-state index in [-0.39, 0.29) is 55.3 Å². The lowest BCUT2D eigenvalue weighted by Crippen LogP contribution is -2.45. The summed E-state index contributed by atoms with van der Waals surface area (Å²) in [5, 5.41) is 13.0. The second-order valence-electron chi connectivity index (χ2n) is 10.4. The highest BCUT2D eigenvalue weighted by atomic mass is 16.5. The molecule has 10 nitrogen and oxygen atoms in total. The highest BCUT2D eigenvalue weighted by Gasteiger charge is 2.39. The van der Waals surface area contributed by atoms with E-state index in [0.717, 1.165) is 5.57 Å². The summed E-state index contributed by atoms with van der Waals surface area (Å²) >= 11 is 0. The van der Waals surface area contributed by atoms with Gasteiger partial charge < -0.3 is 20.1 Å². The molecule has 0 aromatic rings. The smallest absolute Gasteiger partial charge is 0.329 e. The number of carbonyl (C=O) groups excluding carboxylic acids is 4. The van der Waals surface area contributed by atoms with Gasteiger partial charge in [0.05, 0.1) is 12.6 Å². The van der Waals surface area contributed by atoms with Crippen molar-refractivity contribution in [3.8, 4) is 0 Å². The van der Waals surface area contributed by atoms with Gasteiger partial charge in [-0.1, -0.05) is 50.6 Å². The van der Waals surface area contributed by atoms with Crippen LogP contribution in [0.1, 0.15) is 53.4 Å². The van der Waals surface area contributed by atoms with E-state index in [4.69, 9.17) is 4.74 Å². The largest absolute Gasteiger partial charge is 0.460 e. The molecule has 3 heterocycles. The maximum atomic E-state index is 13.2. The lowest BCUT2D eigenvalue weighted by molar-refractivity contribution is -0.160. The molecule has 3 aliphatic rings. The SMILES string of the molecule is CC1=C[C@@H](O)CC(=O)CC2=NC(=NC2)C(=O)N2CCC[C@@H]2C(=O)O[C@H](C(C)C)[C@H](C)/C=C/C(=O)NCC=C1. The number of amidine groups is 1. The third kappa shape index (κ3) is 8.05. The van der Waals surface area contributed by atoms with E-state index in [2.05, 4.69) is 15.3 Å². The molecule has 2 amide bonds. The Morgan fingerprint density at radius 3 is 2.68 bits per heavy atom. The number of aliphatic hydroxyl groups is 1. The number of cyclic esters (lactones) is 1. The first-order chi connectivity index (χ1) is 18.0. The van der Waals surface area contributed by atoms with Crippen molar-refractivity contribution in [2.75, 3.05) is 19.6 Å². The van der Waals surface area contributed by atoms with Crippen LogP contribution in [-0.4, -0.2) is 83.0 Å². The maximum absolute atomic E-state index is 13.2. The molecule has 3 aliphatic heterocycles. The van der Waals surface area contributed by atoms with Gasteiger partial charge in [0.25, 0.3) is 5.91 Å². The first-order valence-corrected chi connectivity index (χ1v) is 13.2. The van der Waals surface area contributed by atoms with Gasteiger partial charge in [-0.25, -0.2) is 9.79 Å². The molecule has 3 rings (SSSR count). The molecule has 1 saturated heterocycles. The normalized spacial score (nSPS) is 29.3. The van der Waals surface area contributed by atoms with Crippen LogP contribution in [0.5, 0.6) is 0 Å². The molecule has 1 fully saturated rings. The molecule has 0 radical (unpaired) electrons. The van der Waals surface area contributed by atoms with Gasteiger partial charge in [-0.3, -0.25) is 19.4 Å². The van der Waals surface area contributed by atoms with Crippen LogP contribution in [-0.2, 0) is 23.9 Å². The lowest BCUT2D eigenvalue weighted by atomic mass is 9.94. The molecule has 0 aromatic heterocycles. The topological polar surface area (TPSA) is 138 Å². The number of hydrogen-bond donors (Lipinski definition) is 2. The Morgan fingerprint density at radius 2 is 1.95 bits per heavy atom. The quantitative estimate of drug-likeness (QED) is 0.501. The van der Waals surface area contributed by atoms with Crippen LogP contribution in [0.25, 0.3) is 0 Å². The van der Waals surface area contributed by atoms with Gasteiger partial charge in [0, 0.05) is 37.6 Å². The zero-order chi connectivity index (χ0) is 27.8. The van der Waals surface area contributed by atoms with Crippen LogP contribution < -0.4 is 5.32 Å². The molecule has 206 valence electrons. The zero-order valence-electron chi connectivity index (χ0n) is 22.6. The van der Waals surface area contributed by atoms with E-state index in [1.165, 1.54) is 11.0 Å². The van der Waals surface area contributed by atoms with Gasteiger partial charge in [-0.2, -0.15) is 0 Å². The number of amides is 2. The van der Waals surface area contributed by atoms with Crippen LogP contribution in [0.4, 0.5) is 0 Å². The number of aliphatic hydroxyl groups excluding tert-OH is 1. The zero-order valence-corrected chi connectivity index (χ0v) is 22.6. The van der Waals surface area contributed by atoms with E-state index in [0.29, 0.717) is 25.1 Å². The first kappa shape index (κ1) is 29.2. The maximum Gasteiger partial charge on any atom is 0.329 e. The minimum atomic E-state index is -0.970.